The molecule has 2 N–H and O–H groups in total. The molecule has 1 aromatic heterocycles. The van der Waals surface area contributed by atoms with Crippen molar-refractivity contribution in [3.63, 3.8) is 0 Å². The van der Waals surface area contributed by atoms with Gasteiger partial charge < -0.3 is 10.4 Å². The number of carbonyl (C=O) groups is 2. The van der Waals surface area contributed by atoms with Crippen LogP contribution in [0.3, 0.4) is 0 Å². The molecule has 1 amide bonds. The fraction of sp³-hybridized carbons (Fsp3) is 0.438. The minimum atomic E-state index is -0.876. The van der Waals surface area contributed by atoms with Crippen molar-refractivity contribution in [3.8, 4) is 0 Å². The number of fused-ring (bicyclic) bond motifs is 1. The highest BCUT2D eigenvalue weighted by atomic mass is 32.1. The molecule has 0 radical (unpaired) electrons. The van der Waals surface area contributed by atoms with Crippen LogP contribution >= 0.6 is 11.3 Å². The van der Waals surface area contributed by atoms with Crippen LogP contribution in [0.1, 0.15) is 36.6 Å². The molecule has 2 saturated carbocycles. The first kappa shape index (κ1) is 13.7. The van der Waals surface area contributed by atoms with Crippen LogP contribution in [0, 0.1) is 11.8 Å². The van der Waals surface area contributed by atoms with Crippen molar-refractivity contribution in [2.24, 2.45) is 11.8 Å². The fourth-order valence-electron chi connectivity index (χ4n) is 2.87. The van der Waals surface area contributed by atoms with E-state index in [1.807, 2.05) is 18.2 Å². The molecule has 2 aromatic rings. The van der Waals surface area contributed by atoms with E-state index in [1.165, 1.54) is 17.8 Å². The van der Waals surface area contributed by atoms with Gasteiger partial charge in [-0.1, -0.05) is 0 Å². The number of amides is 1. The third kappa shape index (κ3) is 2.37. The van der Waals surface area contributed by atoms with Gasteiger partial charge >= 0.3 is 5.97 Å². The van der Waals surface area contributed by atoms with Crippen LogP contribution < -0.4 is 5.32 Å². The Bertz CT molecular complexity index is 766. The summed E-state index contributed by atoms with van der Waals surface area (Å²) in [5.41, 5.74) is 1.69. The third-order valence-corrected chi connectivity index (χ3v) is 5.71. The van der Waals surface area contributed by atoms with E-state index in [2.05, 4.69) is 10.3 Å². The van der Waals surface area contributed by atoms with E-state index in [9.17, 15) is 9.59 Å². The summed E-state index contributed by atoms with van der Waals surface area (Å²) in [6, 6.07) is 5.69. The molecule has 114 valence electrons. The topological polar surface area (TPSA) is 79.3 Å². The summed E-state index contributed by atoms with van der Waals surface area (Å²) in [7, 11) is 0. The summed E-state index contributed by atoms with van der Waals surface area (Å²) in [5, 5.41) is 13.1. The van der Waals surface area contributed by atoms with E-state index in [4.69, 9.17) is 5.11 Å². The molecular formula is C16H16N2O3S. The quantitative estimate of drug-likeness (QED) is 0.907. The molecule has 0 saturated heterocycles. The van der Waals surface area contributed by atoms with Gasteiger partial charge in [-0.25, -0.2) is 4.98 Å². The molecule has 0 spiro atoms. The number of aromatic nitrogens is 1. The summed E-state index contributed by atoms with van der Waals surface area (Å²) in [6.07, 6.45) is 3.69. The van der Waals surface area contributed by atoms with Gasteiger partial charge in [-0.05, 0) is 43.9 Å². The van der Waals surface area contributed by atoms with Crippen molar-refractivity contribution in [1.29, 1.82) is 0 Å². The molecule has 5 nitrogen and oxygen atoms in total. The molecule has 0 aliphatic heterocycles. The maximum atomic E-state index is 12.2. The van der Waals surface area contributed by atoms with Gasteiger partial charge in [-0.15, -0.1) is 11.3 Å². The molecule has 4 rings (SSSR count). The lowest BCUT2D eigenvalue weighted by Crippen LogP contribution is -2.41. The predicted octanol–water partition coefficient (Wildman–Crippen LogP) is 3.22. The van der Waals surface area contributed by atoms with Crippen LogP contribution in [0.2, 0.25) is 0 Å². The zero-order chi connectivity index (χ0) is 15.3. The number of hydrogen-bond donors (Lipinski definition) is 2. The zero-order valence-corrected chi connectivity index (χ0v) is 12.7. The van der Waals surface area contributed by atoms with E-state index in [1.54, 1.807) is 11.3 Å². The standard InChI is InChI=1S/C16H16N2O3S/c19-14(10-4-5-11(10)16(20)21)17-9-3-6-12-13(7-9)22-15(18-12)8-1-2-8/h3,6-8,10-11H,1-2,4-5H2,(H,17,19)(H,20,21). The first-order valence-electron chi connectivity index (χ1n) is 7.56. The number of carboxylic acids is 1. The molecule has 2 aliphatic rings. The van der Waals surface area contributed by atoms with Gasteiger partial charge in [-0.3, -0.25) is 9.59 Å². The van der Waals surface area contributed by atoms with Crippen LogP contribution in [0.15, 0.2) is 18.2 Å². The molecule has 2 fully saturated rings. The maximum absolute atomic E-state index is 12.2. The van der Waals surface area contributed by atoms with Gasteiger partial charge in [-0.2, -0.15) is 0 Å². The van der Waals surface area contributed by atoms with Crippen molar-refractivity contribution in [2.45, 2.75) is 31.6 Å². The van der Waals surface area contributed by atoms with Crippen molar-refractivity contribution >= 4 is 39.1 Å². The van der Waals surface area contributed by atoms with Crippen LogP contribution in [0.4, 0.5) is 5.69 Å². The van der Waals surface area contributed by atoms with E-state index in [0.717, 1.165) is 15.9 Å². The van der Waals surface area contributed by atoms with Crippen molar-refractivity contribution < 1.29 is 14.7 Å². The molecule has 2 atom stereocenters. The summed E-state index contributed by atoms with van der Waals surface area (Å²) in [4.78, 5) is 27.8. The Morgan fingerprint density at radius 3 is 2.59 bits per heavy atom. The number of aliphatic carboxylic acids is 1. The summed E-state index contributed by atoms with van der Waals surface area (Å²) >= 11 is 1.69. The largest absolute Gasteiger partial charge is 0.481 e. The number of nitrogens with one attached hydrogen (secondary N) is 1. The van der Waals surface area contributed by atoms with E-state index < -0.39 is 17.8 Å². The molecule has 2 aliphatic carbocycles. The highest BCUT2D eigenvalue weighted by molar-refractivity contribution is 7.18. The lowest BCUT2D eigenvalue weighted by molar-refractivity contribution is -0.151. The Morgan fingerprint density at radius 2 is 1.95 bits per heavy atom. The van der Waals surface area contributed by atoms with Crippen LogP contribution in [0.5, 0.6) is 0 Å². The van der Waals surface area contributed by atoms with Gasteiger partial charge in [0, 0.05) is 11.6 Å². The van der Waals surface area contributed by atoms with Gasteiger partial charge in [0.25, 0.3) is 0 Å². The average Bonchev–Trinajstić information content (AvgIpc) is 3.17. The lowest BCUT2D eigenvalue weighted by Gasteiger charge is -2.31. The number of nitrogens with zero attached hydrogens (tertiary/aromatic N) is 1. The first-order valence-corrected chi connectivity index (χ1v) is 8.37. The molecule has 1 heterocycles. The van der Waals surface area contributed by atoms with Crippen molar-refractivity contribution in [1.82, 2.24) is 4.98 Å². The van der Waals surface area contributed by atoms with E-state index >= 15 is 0 Å². The highest BCUT2D eigenvalue weighted by Gasteiger charge is 2.41. The monoisotopic (exact) mass is 316 g/mol. The Balaban J connectivity index is 1.51. The number of thiazole rings is 1. The van der Waals surface area contributed by atoms with Crippen LogP contribution in [-0.2, 0) is 9.59 Å². The summed E-state index contributed by atoms with van der Waals surface area (Å²) in [5.74, 6) is -1.38. The van der Waals surface area contributed by atoms with E-state index in [0.29, 0.717) is 18.8 Å². The molecule has 2 unspecified atom stereocenters. The van der Waals surface area contributed by atoms with Crippen molar-refractivity contribution in [2.75, 3.05) is 5.32 Å². The minimum Gasteiger partial charge on any atom is -0.481 e. The number of carbonyl (C=O) groups excluding carboxylic acids is 1. The Labute approximate surface area is 131 Å². The minimum absolute atomic E-state index is 0.190. The molecular weight excluding hydrogens is 300 g/mol. The van der Waals surface area contributed by atoms with Crippen molar-refractivity contribution in [3.05, 3.63) is 23.2 Å². The fourth-order valence-corrected chi connectivity index (χ4v) is 4.05. The number of hydrogen-bond acceptors (Lipinski definition) is 4. The number of rotatable bonds is 4. The normalized spacial score (nSPS) is 24.0. The molecule has 22 heavy (non-hydrogen) atoms. The zero-order valence-electron chi connectivity index (χ0n) is 11.9. The predicted molar refractivity (Wildman–Crippen MR) is 84.1 cm³/mol. The van der Waals surface area contributed by atoms with Gasteiger partial charge in [0.2, 0.25) is 5.91 Å². The van der Waals surface area contributed by atoms with Gasteiger partial charge in [0.05, 0.1) is 27.1 Å². The average molecular weight is 316 g/mol. The lowest BCUT2D eigenvalue weighted by atomic mass is 9.73. The third-order valence-electron chi connectivity index (χ3n) is 4.53. The smallest absolute Gasteiger partial charge is 0.307 e. The summed E-state index contributed by atoms with van der Waals surface area (Å²) < 4.78 is 1.07. The Morgan fingerprint density at radius 1 is 1.18 bits per heavy atom. The number of anilines is 1. The Hall–Kier alpha value is -1.95. The number of carboxylic acid groups (broad SMARTS) is 1. The highest BCUT2D eigenvalue weighted by Crippen LogP contribution is 2.43. The second kappa shape index (κ2) is 5.05. The van der Waals surface area contributed by atoms with Crippen LogP contribution in [0.25, 0.3) is 10.2 Å². The van der Waals surface area contributed by atoms with E-state index in [-0.39, 0.29) is 5.91 Å². The molecule has 6 heteroatoms. The van der Waals surface area contributed by atoms with Crippen LogP contribution in [-0.4, -0.2) is 22.0 Å². The second-order valence-electron chi connectivity index (χ2n) is 6.13. The van der Waals surface area contributed by atoms with Gasteiger partial charge in [0.15, 0.2) is 0 Å². The SMILES string of the molecule is O=C(O)C1CCC1C(=O)Nc1ccc2nc(C3CC3)sc2c1. The second-order valence-corrected chi connectivity index (χ2v) is 7.19. The van der Waals surface area contributed by atoms with Gasteiger partial charge in [0.1, 0.15) is 0 Å². The number of benzene rings is 1. The first-order chi connectivity index (χ1) is 10.6. The Kier molecular flexibility index (Phi) is 3.14. The summed E-state index contributed by atoms with van der Waals surface area (Å²) in [6.45, 7) is 0. The molecule has 1 aromatic carbocycles. The molecule has 0 bridgehead atoms. The maximum Gasteiger partial charge on any atom is 0.307 e.